The molecule has 172 valence electrons. The lowest BCUT2D eigenvalue weighted by molar-refractivity contribution is -0.222. The number of alkyl halides is 1. The molecule has 0 unspecified atom stereocenters. The topological polar surface area (TPSA) is 18.5 Å². The minimum atomic E-state index is -0.232. The summed E-state index contributed by atoms with van der Waals surface area (Å²) < 4.78 is 39.9. The Morgan fingerprint density at radius 3 is 2.23 bits per heavy atom. The van der Waals surface area contributed by atoms with E-state index >= 15 is 0 Å². The van der Waals surface area contributed by atoms with E-state index in [1.54, 1.807) is 6.07 Å². The number of benzene rings is 1. The lowest BCUT2D eigenvalue weighted by atomic mass is 9.76. The maximum Gasteiger partial charge on any atom is 0.160 e. The first-order valence-electron chi connectivity index (χ1n) is 12.4. The summed E-state index contributed by atoms with van der Waals surface area (Å²) in [4.78, 5) is 0. The van der Waals surface area contributed by atoms with Crippen molar-refractivity contribution in [1.29, 1.82) is 0 Å². The Kier molecular flexibility index (Phi) is 8.17. The second kappa shape index (κ2) is 11.0. The second-order valence-corrected chi connectivity index (χ2v) is 9.90. The van der Waals surface area contributed by atoms with Crippen LogP contribution in [0, 0.1) is 23.6 Å². The van der Waals surface area contributed by atoms with Gasteiger partial charge in [0.1, 0.15) is 5.82 Å². The largest absolute Gasteiger partial charge is 0.352 e. The third kappa shape index (κ3) is 5.76. The maximum atomic E-state index is 14.9. The highest BCUT2D eigenvalue weighted by Crippen LogP contribution is 2.41. The SMILES string of the molecule is CC/C=C/C1COC(C2CCC(c3ccc(C4CCC(CF)CC4)c(F)c3)CC2)OC1. The van der Waals surface area contributed by atoms with Gasteiger partial charge in [0.05, 0.1) is 19.9 Å². The molecule has 0 spiro atoms. The predicted octanol–water partition coefficient (Wildman–Crippen LogP) is 7.30. The molecule has 3 aliphatic rings. The zero-order valence-corrected chi connectivity index (χ0v) is 18.9. The Morgan fingerprint density at radius 2 is 1.61 bits per heavy atom. The summed E-state index contributed by atoms with van der Waals surface area (Å²) in [7, 11) is 0. The molecular weight excluding hydrogens is 394 g/mol. The van der Waals surface area contributed by atoms with Crippen molar-refractivity contribution in [2.24, 2.45) is 17.8 Å². The van der Waals surface area contributed by atoms with Crippen LogP contribution in [0.3, 0.4) is 0 Å². The molecule has 1 heterocycles. The molecule has 0 N–H and O–H groups in total. The van der Waals surface area contributed by atoms with E-state index in [0.717, 1.165) is 82.1 Å². The van der Waals surface area contributed by atoms with Crippen LogP contribution in [0.4, 0.5) is 8.78 Å². The summed E-state index contributed by atoms with van der Waals surface area (Å²) in [5.74, 6) is 1.62. The van der Waals surface area contributed by atoms with Gasteiger partial charge in [0, 0.05) is 11.8 Å². The average Bonchev–Trinajstić information content (AvgIpc) is 2.83. The monoisotopic (exact) mass is 432 g/mol. The van der Waals surface area contributed by atoms with E-state index < -0.39 is 0 Å². The van der Waals surface area contributed by atoms with E-state index in [-0.39, 0.29) is 30.6 Å². The predicted molar refractivity (Wildman–Crippen MR) is 120 cm³/mol. The van der Waals surface area contributed by atoms with Gasteiger partial charge in [-0.3, -0.25) is 4.39 Å². The number of ether oxygens (including phenoxy) is 2. The van der Waals surface area contributed by atoms with Gasteiger partial charge in [-0.15, -0.1) is 0 Å². The van der Waals surface area contributed by atoms with Gasteiger partial charge in [0.25, 0.3) is 0 Å². The molecule has 0 aromatic heterocycles. The van der Waals surface area contributed by atoms with Gasteiger partial charge in [0.2, 0.25) is 0 Å². The molecule has 0 radical (unpaired) electrons. The van der Waals surface area contributed by atoms with Crippen LogP contribution >= 0.6 is 0 Å². The van der Waals surface area contributed by atoms with Gasteiger partial charge < -0.3 is 9.47 Å². The van der Waals surface area contributed by atoms with E-state index in [9.17, 15) is 8.78 Å². The number of allylic oxidation sites excluding steroid dienone is 1. The van der Waals surface area contributed by atoms with E-state index in [1.807, 2.05) is 6.07 Å². The molecule has 2 nitrogen and oxygen atoms in total. The number of hydrogen-bond donors (Lipinski definition) is 0. The summed E-state index contributed by atoms with van der Waals surface area (Å²) in [6.45, 7) is 3.41. The van der Waals surface area contributed by atoms with Crippen LogP contribution < -0.4 is 0 Å². The quantitative estimate of drug-likeness (QED) is 0.439. The molecule has 1 saturated heterocycles. The van der Waals surface area contributed by atoms with Crippen LogP contribution in [0.15, 0.2) is 30.4 Å². The second-order valence-electron chi connectivity index (χ2n) is 9.90. The molecule has 4 heteroatoms. The van der Waals surface area contributed by atoms with E-state index in [2.05, 4.69) is 25.1 Å². The molecule has 0 amide bonds. The fourth-order valence-corrected chi connectivity index (χ4v) is 5.73. The molecule has 4 rings (SSSR count). The zero-order valence-electron chi connectivity index (χ0n) is 18.9. The Labute approximate surface area is 186 Å². The molecular formula is C27H38F2O2. The van der Waals surface area contributed by atoms with Crippen molar-refractivity contribution in [2.75, 3.05) is 19.9 Å². The zero-order chi connectivity index (χ0) is 21.6. The van der Waals surface area contributed by atoms with Crippen molar-refractivity contribution in [2.45, 2.75) is 82.8 Å². The van der Waals surface area contributed by atoms with Crippen molar-refractivity contribution >= 4 is 0 Å². The Bertz CT molecular complexity index is 710. The number of hydrogen-bond acceptors (Lipinski definition) is 2. The van der Waals surface area contributed by atoms with Gasteiger partial charge in [0.15, 0.2) is 6.29 Å². The van der Waals surface area contributed by atoms with Crippen molar-refractivity contribution in [1.82, 2.24) is 0 Å². The van der Waals surface area contributed by atoms with Crippen LogP contribution in [0.5, 0.6) is 0 Å². The molecule has 2 saturated carbocycles. The Balaban J connectivity index is 1.27. The van der Waals surface area contributed by atoms with Crippen LogP contribution in [-0.2, 0) is 9.47 Å². The smallest absolute Gasteiger partial charge is 0.160 e. The summed E-state index contributed by atoms with van der Waals surface area (Å²) in [5, 5.41) is 0. The molecule has 31 heavy (non-hydrogen) atoms. The highest BCUT2D eigenvalue weighted by Gasteiger charge is 2.33. The first-order valence-corrected chi connectivity index (χ1v) is 12.4. The maximum absolute atomic E-state index is 14.9. The van der Waals surface area contributed by atoms with Gasteiger partial charge in [-0.1, -0.05) is 31.2 Å². The summed E-state index contributed by atoms with van der Waals surface area (Å²) >= 11 is 0. The summed E-state index contributed by atoms with van der Waals surface area (Å²) in [6, 6.07) is 5.93. The van der Waals surface area contributed by atoms with Crippen molar-refractivity contribution in [3.8, 4) is 0 Å². The first-order chi connectivity index (χ1) is 15.2. The fraction of sp³-hybridized carbons (Fsp3) is 0.704. The van der Waals surface area contributed by atoms with Crippen LogP contribution in [0.1, 0.15) is 87.7 Å². The minimum absolute atomic E-state index is 0.0616. The van der Waals surface area contributed by atoms with Crippen molar-refractivity contribution < 1.29 is 18.3 Å². The average molecular weight is 433 g/mol. The highest BCUT2D eigenvalue weighted by molar-refractivity contribution is 5.30. The van der Waals surface area contributed by atoms with Crippen LogP contribution in [0.25, 0.3) is 0 Å². The molecule has 1 aromatic carbocycles. The fourth-order valence-electron chi connectivity index (χ4n) is 5.73. The normalized spacial score (nSPS) is 34.8. The Morgan fingerprint density at radius 1 is 0.935 bits per heavy atom. The lowest BCUT2D eigenvalue weighted by Crippen LogP contribution is -2.37. The van der Waals surface area contributed by atoms with Crippen LogP contribution in [-0.4, -0.2) is 26.2 Å². The number of rotatable bonds is 6. The van der Waals surface area contributed by atoms with E-state index in [0.29, 0.717) is 17.8 Å². The van der Waals surface area contributed by atoms with Crippen LogP contribution in [0.2, 0.25) is 0 Å². The molecule has 1 aliphatic heterocycles. The van der Waals surface area contributed by atoms with Crippen molar-refractivity contribution in [3.05, 3.63) is 47.3 Å². The number of halogens is 2. The summed E-state index contributed by atoms with van der Waals surface area (Å²) in [6.07, 6.45) is 13.2. The Hall–Kier alpha value is -1.26. The lowest BCUT2D eigenvalue weighted by Gasteiger charge is -2.37. The minimum Gasteiger partial charge on any atom is -0.352 e. The third-order valence-corrected chi connectivity index (χ3v) is 7.75. The van der Waals surface area contributed by atoms with Gasteiger partial charge >= 0.3 is 0 Å². The molecule has 3 fully saturated rings. The van der Waals surface area contributed by atoms with Gasteiger partial charge in [-0.05, 0) is 92.7 Å². The van der Waals surface area contributed by atoms with Gasteiger partial charge in [-0.2, -0.15) is 0 Å². The molecule has 0 atom stereocenters. The highest BCUT2D eigenvalue weighted by atomic mass is 19.1. The molecule has 2 aliphatic carbocycles. The van der Waals surface area contributed by atoms with Gasteiger partial charge in [-0.25, -0.2) is 4.39 Å². The van der Waals surface area contributed by atoms with Crippen molar-refractivity contribution in [3.63, 3.8) is 0 Å². The standard InChI is InChI=1S/C27H38F2O2/c1-2-3-4-20-17-30-27(31-18-20)23-11-9-21(10-12-23)24-13-14-25(26(29)15-24)22-7-5-19(16-28)6-8-22/h3-4,13-15,19-23,27H,2,5-12,16-18H2,1H3/b4-3+. The van der Waals surface area contributed by atoms with E-state index in [1.165, 1.54) is 0 Å². The van der Waals surface area contributed by atoms with E-state index in [4.69, 9.17) is 9.47 Å². The third-order valence-electron chi connectivity index (χ3n) is 7.75. The molecule has 0 bridgehead atoms. The first kappa shape index (κ1) is 22.9. The summed E-state index contributed by atoms with van der Waals surface area (Å²) in [5.41, 5.74) is 1.97. The molecule has 1 aromatic rings.